The molecule has 3 atom stereocenters. The fraction of sp³-hybridized carbons (Fsp3) is 0.526. The fourth-order valence-electron chi connectivity index (χ4n) is 3.84. The Morgan fingerprint density at radius 2 is 2.00 bits per heavy atom. The largest absolute Gasteiger partial charge is 0.352 e. The Labute approximate surface area is 168 Å². The summed E-state index contributed by atoms with van der Waals surface area (Å²) in [6.07, 6.45) is 4.23. The molecule has 8 heteroatoms. The predicted octanol–water partition coefficient (Wildman–Crippen LogP) is 3.46. The Balaban J connectivity index is 1.73. The second kappa shape index (κ2) is 7.68. The van der Waals surface area contributed by atoms with Crippen LogP contribution in [0.15, 0.2) is 18.2 Å². The first-order chi connectivity index (χ1) is 12.7. The number of nitrogens with zero attached hydrogens (tertiary/aromatic N) is 1. The molecule has 2 N–H and O–H groups in total. The predicted molar refractivity (Wildman–Crippen MR) is 104 cm³/mol. The first-order valence-electron chi connectivity index (χ1n) is 9.11. The first kappa shape index (κ1) is 20.0. The van der Waals surface area contributed by atoms with Crippen LogP contribution in [-0.4, -0.2) is 35.3 Å². The quantitative estimate of drug-likeness (QED) is 0.744. The molecule has 1 aromatic rings. The summed E-state index contributed by atoms with van der Waals surface area (Å²) >= 11 is 12.1. The Morgan fingerprint density at radius 3 is 2.67 bits per heavy atom. The molecule has 0 radical (unpaired) electrons. The molecule has 6 nitrogen and oxygen atoms in total. The molecule has 2 aliphatic rings. The number of urea groups is 1. The molecule has 1 aliphatic carbocycles. The molecule has 1 saturated heterocycles. The molecule has 4 amide bonds. The molecule has 1 aliphatic heterocycles. The summed E-state index contributed by atoms with van der Waals surface area (Å²) < 4.78 is 0. The van der Waals surface area contributed by atoms with E-state index < -0.39 is 17.5 Å². The van der Waals surface area contributed by atoms with Gasteiger partial charge in [0, 0.05) is 21.7 Å². The molecule has 0 spiro atoms. The zero-order chi connectivity index (χ0) is 19.8. The van der Waals surface area contributed by atoms with Gasteiger partial charge >= 0.3 is 6.03 Å². The molecule has 27 heavy (non-hydrogen) atoms. The van der Waals surface area contributed by atoms with Gasteiger partial charge in [-0.25, -0.2) is 4.79 Å². The van der Waals surface area contributed by atoms with E-state index in [0.29, 0.717) is 16.5 Å². The van der Waals surface area contributed by atoms with Gasteiger partial charge in [-0.1, -0.05) is 49.0 Å². The Hall–Kier alpha value is -1.79. The van der Waals surface area contributed by atoms with Crippen LogP contribution >= 0.6 is 23.2 Å². The second-order valence-corrected chi connectivity index (χ2v) is 8.35. The zero-order valence-electron chi connectivity index (χ0n) is 15.4. The van der Waals surface area contributed by atoms with E-state index in [0.717, 1.165) is 24.2 Å². The Kier molecular flexibility index (Phi) is 5.68. The lowest BCUT2D eigenvalue weighted by Crippen LogP contribution is -2.47. The monoisotopic (exact) mass is 411 g/mol. The Morgan fingerprint density at radius 1 is 1.30 bits per heavy atom. The van der Waals surface area contributed by atoms with Crippen molar-refractivity contribution in [1.82, 2.24) is 15.5 Å². The van der Waals surface area contributed by atoms with Crippen molar-refractivity contribution in [3.8, 4) is 0 Å². The van der Waals surface area contributed by atoms with E-state index in [4.69, 9.17) is 23.2 Å². The number of amides is 4. The summed E-state index contributed by atoms with van der Waals surface area (Å²) in [5.74, 6) is -0.448. The third-order valence-electron chi connectivity index (χ3n) is 5.50. The van der Waals surface area contributed by atoms with Crippen LogP contribution in [0.3, 0.4) is 0 Å². The third-order valence-corrected chi connectivity index (χ3v) is 6.05. The summed E-state index contributed by atoms with van der Waals surface area (Å²) in [5.41, 5.74) is -0.896. The Bertz CT molecular complexity index is 785. The minimum absolute atomic E-state index is 0.0871. The van der Waals surface area contributed by atoms with Crippen LogP contribution in [0, 0.1) is 5.92 Å². The van der Waals surface area contributed by atoms with Gasteiger partial charge in [0.15, 0.2) is 0 Å². The number of halogens is 2. The minimum Gasteiger partial charge on any atom is -0.352 e. The number of rotatable bonds is 4. The van der Waals surface area contributed by atoms with E-state index in [1.807, 2.05) is 0 Å². The van der Waals surface area contributed by atoms with Gasteiger partial charge in [0.25, 0.3) is 5.91 Å². The maximum atomic E-state index is 12.9. The lowest BCUT2D eigenvalue weighted by atomic mass is 9.86. The number of nitrogens with one attached hydrogen (secondary N) is 2. The average molecular weight is 412 g/mol. The van der Waals surface area contributed by atoms with Crippen molar-refractivity contribution in [3.05, 3.63) is 33.8 Å². The summed E-state index contributed by atoms with van der Waals surface area (Å²) in [5, 5.41) is 6.33. The molecule has 1 heterocycles. The maximum absolute atomic E-state index is 12.9. The molecule has 0 unspecified atom stereocenters. The lowest BCUT2D eigenvalue weighted by molar-refractivity contribution is -0.135. The van der Waals surface area contributed by atoms with Crippen LogP contribution in [0.2, 0.25) is 10.0 Å². The van der Waals surface area contributed by atoms with Crippen LogP contribution in [0.25, 0.3) is 0 Å². The highest BCUT2D eigenvalue weighted by Gasteiger charge is 2.50. The van der Waals surface area contributed by atoms with Crippen LogP contribution in [0.5, 0.6) is 0 Å². The van der Waals surface area contributed by atoms with Gasteiger partial charge in [0.05, 0.1) is 0 Å². The summed E-state index contributed by atoms with van der Waals surface area (Å²) in [6, 6.07) is 4.20. The van der Waals surface area contributed by atoms with Crippen molar-refractivity contribution in [1.29, 1.82) is 0 Å². The molecular formula is C19H23Cl2N3O3. The topological polar surface area (TPSA) is 78.5 Å². The van der Waals surface area contributed by atoms with Gasteiger partial charge < -0.3 is 10.6 Å². The van der Waals surface area contributed by atoms with Gasteiger partial charge in [-0.2, -0.15) is 0 Å². The smallest absolute Gasteiger partial charge is 0.325 e. The van der Waals surface area contributed by atoms with Crippen LogP contribution in [0.4, 0.5) is 4.79 Å². The van der Waals surface area contributed by atoms with Gasteiger partial charge in [0.1, 0.15) is 12.1 Å². The molecule has 0 aromatic heterocycles. The number of benzene rings is 1. The van der Waals surface area contributed by atoms with Crippen LogP contribution < -0.4 is 10.6 Å². The van der Waals surface area contributed by atoms with E-state index >= 15 is 0 Å². The van der Waals surface area contributed by atoms with Crippen molar-refractivity contribution >= 4 is 41.0 Å². The number of carbonyl (C=O) groups is 3. The normalized spacial score (nSPS) is 28.2. The lowest BCUT2D eigenvalue weighted by Gasteiger charge is -2.30. The highest BCUT2D eigenvalue weighted by molar-refractivity contribution is 6.35. The van der Waals surface area contributed by atoms with Gasteiger partial charge in [-0.3, -0.25) is 14.5 Å². The molecule has 2 fully saturated rings. The van der Waals surface area contributed by atoms with Crippen molar-refractivity contribution in [2.45, 2.75) is 51.1 Å². The van der Waals surface area contributed by atoms with Crippen LogP contribution in [-0.2, 0) is 15.1 Å². The van der Waals surface area contributed by atoms with E-state index in [-0.39, 0.29) is 23.5 Å². The van der Waals surface area contributed by atoms with Gasteiger partial charge in [-0.15, -0.1) is 0 Å². The SMILES string of the molecule is C[C@H]1CCCC[C@H]1NC(=O)CN1C(=O)N[C@](C)(c2ccc(Cl)cc2Cl)C1=O. The standard InChI is InChI=1S/C19H23Cl2N3O3/c1-11-5-3-4-6-15(11)22-16(25)10-24-17(26)19(2,23-18(24)27)13-8-7-12(20)9-14(13)21/h7-9,11,15H,3-6,10H2,1-2H3,(H,22,25)(H,23,27)/t11-,15+,19+/m0/s1. The van der Waals surface area contributed by atoms with Crippen molar-refractivity contribution in [2.24, 2.45) is 5.92 Å². The minimum atomic E-state index is -1.34. The molecule has 3 rings (SSSR count). The summed E-state index contributed by atoms with van der Waals surface area (Å²) in [4.78, 5) is 38.7. The fourth-order valence-corrected chi connectivity index (χ4v) is 4.44. The summed E-state index contributed by atoms with van der Waals surface area (Å²) in [6.45, 7) is 3.37. The molecule has 146 valence electrons. The van der Waals surface area contributed by atoms with Crippen molar-refractivity contribution in [2.75, 3.05) is 6.54 Å². The van der Waals surface area contributed by atoms with Crippen LogP contribution in [0.1, 0.15) is 45.1 Å². The first-order valence-corrected chi connectivity index (χ1v) is 9.87. The van der Waals surface area contributed by atoms with Gasteiger partial charge in [-0.05, 0) is 37.8 Å². The third kappa shape index (κ3) is 3.92. The molecular weight excluding hydrogens is 389 g/mol. The highest BCUT2D eigenvalue weighted by Crippen LogP contribution is 2.35. The number of imide groups is 1. The van der Waals surface area contributed by atoms with E-state index in [2.05, 4.69) is 17.6 Å². The molecule has 1 saturated carbocycles. The van der Waals surface area contributed by atoms with Gasteiger partial charge in [0.2, 0.25) is 5.91 Å². The van der Waals surface area contributed by atoms with Crippen molar-refractivity contribution < 1.29 is 14.4 Å². The maximum Gasteiger partial charge on any atom is 0.325 e. The molecule has 0 bridgehead atoms. The van der Waals surface area contributed by atoms with Crippen molar-refractivity contribution in [3.63, 3.8) is 0 Å². The van der Waals surface area contributed by atoms with E-state index in [1.54, 1.807) is 19.1 Å². The summed E-state index contributed by atoms with van der Waals surface area (Å²) in [7, 11) is 0. The zero-order valence-corrected chi connectivity index (χ0v) is 16.9. The highest BCUT2D eigenvalue weighted by atomic mass is 35.5. The number of carbonyl (C=O) groups excluding carboxylic acids is 3. The van der Waals surface area contributed by atoms with E-state index in [9.17, 15) is 14.4 Å². The molecule has 1 aromatic carbocycles. The van der Waals surface area contributed by atoms with E-state index in [1.165, 1.54) is 12.5 Å². The number of hydrogen-bond donors (Lipinski definition) is 2. The second-order valence-electron chi connectivity index (χ2n) is 7.51. The average Bonchev–Trinajstić information content (AvgIpc) is 2.81. The number of hydrogen-bond acceptors (Lipinski definition) is 3.